The maximum Gasteiger partial charge on any atom is 0.167 e. The van der Waals surface area contributed by atoms with Crippen LogP contribution in [0.15, 0.2) is 48.5 Å². The van der Waals surface area contributed by atoms with Crippen molar-refractivity contribution >= 4 is 28.3 Å². The Morgan fingerprint density at radius 3 is 2.44 bits per heavy atom. The number of ketones is 1. The van der Waals surface area contributed by atoms with Crippen LogP contribution >= 0.6 is 11.6 Å². The summed E-state index contributed by atoms with van der Waals surface area (Å²) in [5.74, 6) is 0.202. The molecule has 0 N–H and O–H groups in total. The zero-order valence-electron chi connectivity index (χ0n) is 15.1. The van der Waals surface area contributed by atoms with E-state index in [-0.39, 0.29) is 11.7 Å². The molecule has 0 aliphatic heterocycles. The molecule has 2 aromatic carbocycles. The van der Waals surface area contributed by atoms with Crippen LogP contribution in [0.3, 0.4) is 0 Å². The quantitative estimate of drug-likeness (QED) is 0.488. The first-order valence-electron chi connectivity index (χ1n) is 8.92. The predicted molar refractivity (Wildman–Crippen MR) is 106 cm³/mol. The summed E-state index contributed by atoms with van der Waals surface area (Å²) in [5, 5.41) is 1.82. The van der Waals surface area contributed by atoms with Crippen LogP contribution in [0, 0.1) is 5.92 Å². The summed E-state index contributed by atoms with van der Waals surface area (Å²) in [6.07, 6.45) is 1.88. The molecule has 130 valence electrons. The van der Waals surface area contributed by atoms with Crippen molar-refractivity contribution in [1.82, 2.24) is 4.57 Å². The topological polar surface area (TPSA) is 22.0 Å². The third kappa shape index (κ3) is 3.36. The Morgan fingerprint density at radius 2 is 1.76 bits per heavy atom. The summed E-state index contributed by atoms with van der Waals surface area (Å²) in [5.41, 5.74) is 4.20. The van der Waals surface area contributed by atoms with Crippen LogP contribution < -0.4 is 0 Å². The summed E-state index contributed by atoms with van der Waals surface area (Å²) >= 11 is 6.39. The van der Waals surface area contributed by atoms with E-state index < -0.39 is 0 Å². The second-order valence-corrected chi connectivity index (χ2v) is 7.19. The number of nitrogens with zero attached hydrogens (tertiary/aromatic N) is 1. The first-order chi connectivity index (χ1) is 12.0. The lowest BCUT2D eigenvalue weighted by Gasteiger charge is -2.13. The highest BCUT2D eigenvalue weighted by Gasteiger charge is 2.23. The molecule has 0 saturated carbocycles. The number of para-hydroxylation sites is 1. The van der Waals surface area contributed by atoms with Crippen LogP contribution in [-0.4, -0.2) is 10.4 Å². The smallest absolute Gasteiger partial charge is 0.167 e. The molecule has 1 aromatic heterocycles. The number of benzene rings is 2. The molecule has 25 heavy (non-hydrogen) atoms. The lowest BCUT2D eigenvalue weighted by Crippen LogP contribution is -2.12. The normalized spacial score (nSPS) is 11.4. The molecule has 0 fully saturated rings. The van der Waals surface area contributed by atoms with Crippen LogP contribution in [0.25, 0.3) is 10.9 Å². The Balaban J connectivity index is 2.25. The van der Waals surface area contributed by atoms with E-state index in [2.05, 4.69) is 29.7 Å². The Labute approximate surface area is 154 Å². The molecule has 0 bridgehead atoms. The molecule has 0 atom stereocenters. The van der Waals surface area contributed by atoms with Crippen molar-refractivity contribution in [2.75, 3.05) is 0 Å². The molecular weight excluding hydrogens is 330 g/mol. The molecule has 0 saturated heterocycles. The van der Waals surface area contributed by atoms with Gasteiger partial charge >= 0.3 is 0 Å². The zero-order chi connectivity index (χ0) is 18.0. The van der Waals surface area contributed by atoms with Gasteiger partial charge in [-0.1, -0.05) is 75.2 Å². The highest BCUT2D eigenvalue weighted by molar-refractivity contribution is 6.31. The average molecular weight is 354 g/mol. The maximum atomic E-state index is 12.9. The maximum absolute atomic E-state index is 12.9. The van der Waals surface area contributed by atoms with E-state index in [4.69, 9.17) is 11.6 Å². The fourth-order valence-electron chi connectivity index (χ4n) is 3.39. The van der Waals surface area contributed by atoms with E-state index >= 15 is 0 Å². The van der Waals surface area contributed by atoms with Gasteiger partial charge in [0.2, 0.25) is 0 Å². The highest BCUT2D eigenvalue weighted by Crippen LogP contribution is 2.31. The van der Waals surface area contributed by atoms with Gasteiger partial charge in [0.05, 0.1) is 0 Å². The van der Waals surface area contributed by atoms with Gasteiger partial charge in [-0.15, -0.1) is 0 Å². The summed E-state index contributed by atoms with van der Waals surface area (Å²) < 4.78 is 2.27. The zero-order valence-corrected chi connectivity index (χ0v) is 15.8. The van der Waals surface area contributed by atoms with Crippen molar-refractivity contribution in [3.05, 3.63) is 70.4 Å². The first-order valence-corrected chi connectivity index (χ1v) is 9.30. The van der Waals surface area contributed by atoms with Gasteiger partial charge in [0.15, 0.2) is 5.78 Å². The number of carbonyl (C=O) groups is 1. The number of rotatable bonds is 6. The van der Waals surface area contributed by atoms with Gasteiger partial charge < -0.3 is 4.57 Å². The molecule has 0 unspecified atom stereocenters. The minimum atomic E-state index is -0.0184. The highest BCUT2D eigenvalue weighted by atomic mass is 35.5. The van der Waals surface area contributed by atoms with E-state index in [1.807, 2.05) is 44.2 Å². The molecule has 0 spiro atoms. The fourth-order valence-corrected chi connectivity index (χ4v) is 3.59. The van der Waals surface area contributed by atoms with Crippen molar-refractivity contribution in [3.8, 4) is 0 Å². The summed E-state index contributed by atoms with van der Waals surface area (Å²) in [6.45, 7) is 6.78. The van der Waals surface area contributed by atoms with Crippen LogP contribution in [0.5, 0.6) is 0 Å². The molecule has 3 rings (SSSR count). The van der Waals surface area contributed by atoms with Gasteiger partial charge in [-0.3, -0.25) is 4.79 Å². The van der Waals surface area contributed by atoms with E-state index in [1.54, 1.807) is 0 Å². The molecule has 0 amide bonds. The standard InChI is InChI=1S/C22H24ClNO/c1-4-9-20-21(22(25)15(2)3)17-11-6-8-13-19(17)24(20)14-16-10-5-7-12-18(16)23/h5-8,10-13,15H,4,9,14H2,1-3H3. The van der Waals surface area contributed by atoms with Crippen molar-refractivity contribution in [2.24, 2.45) is 5.92 Å². The van der Waals surface area contributed by atoms with Gasteiger partial charge in [0, 0.05) is 39.6 Å². The molecule has 3 aromatic rings. The number of halogens is 1. The summed E-state index contributed by atoms with van der Waals surface area (Å²) in [6, 6.07) is 16.1. The molecule has 0 radical (unpaired) electrons. The Morgan fingerprint density at radius 1 is 1.08 bits per heavy atom. The number of Topliss-reactive ketones (excluding diaryl/α,β-unsaturated/α-hetero) is 1. The number of hydrogen-bond acceptors (Lipinski definition) is 1. The van der Waals surface area contributed by atoms with Crippen LogP contribution in [0.2, 0.25) is 5.02 Å². The van der Waals surface area contributed by atoms with Crippen molar-refractivity contribution in [1.29, 1.82) is 0 Å². The third-order valence-corrected chi connectivity index (χ3v) is 4.99. The average Bonchev–Trinajstić information content (AvgIpc) is 2.90. The second kappa shape index (κ2) is 7.45. The van der Waals surface area contributed by atoms with E-state index in [1.165, 1.54) is 0 Å². The molecule has 0 aliphatic carbocycles. The van der Waals surface area contributed by atoms with Gasteiger partial charge in [-0.05, 0) is 24.1 Å². The Kier molecular flexibility index (Phi) is 5.29. The minimum Gasteiger partial charge on any atom is -0.339 e. The molecule has 0 aliphatic rings. The lowest BCUT2D eigenvalue weighted by atomic mass is 9.97. The van der Waals surface area contributed by atoms with Crippen LogP contribution in [-0.2, 0) is 13.0 Å². The first kappa shape index (κ1) is 17.8. The number of fused-ring (bicyclic) bond motifs is 1. The van der Waals surface area contributed by atoms with E-state index in [9.17, 15) is 4.79 Å². The van der Waals surface area contributed by atoms with Crippen LogP contribution in [0.1, 0.15) is 48.8 Å². The molecule has 2 nitrogen and oxygen atoms in total. The van der Waals surface area contributed by atoms with Gasteiger partial charge in [-0.25, -0.2) is 0 Å². The van der Waals surface area contributed by atoms with Gasteiger partial charge in [-0.2, -0.15) is 0 Å². The number of carbonyl (C=O) groups excluding carboxylic acids is 1. The van der Waals surface area contributed by atoms with Crippen molar-refractivity contribution < 1.29 is 4.79 Å². The van der Waals surface area contributed by atoms with E-state index in [0.29, 0.717) is 6.54 Å². The monoisotopic (exact) mass is 353 g/mol. The van der Waals surface area contributed by atoms with Crippen molar-refractivity contribution in [2.45, 2.75) is 40.2 Å². The SMILES string of the molecule is CCCc1c(C(=O)C(C)C)c2ccccc2n1Cc1ccccc1Cl. The Hall–Kier alpha value is -2.06. The largest absolute Gasteiger partial charge is 0.339 e. The summed E-state index contributed by atoms with van der Waals surface area (Å²) in [4.78, 5) is 12.9. The Bertz CT molecular complexity index is 908. The number of aromatic nitrogens is 1. The van der Waals surface area contributed by atoms with E-state index in [0.717, 1.165) is 45.6 Å². The fraction of sp³-hybridized carbons (Fsp3) is 0.318. The molecule has 1 heterocycles. The summed E-state index contributed by atoms with van der Waals surface area (Å²) in [7, 11) is 0. The number of hydrogen-bond donors (Lipinski definition) is 0. The van der Waals surface area contributed by atoms with Crippen LogP contribution in [0.4, 0.5) is 0 Å². The predicted octanol–water partition coefficient (Wildman–Crippen LogP) is 6.13. The third-order valence-electron chi connectivity index (χ3n) is 4.62. The van der Waals surface area contributed by atoms with Gasteiger partial charge in [0.25, 0.3) is 0 Å². The minimum absolute atomic E-state index is 0.0184. The lowest BCUT2D eigenvalue weighted by molar-refractivity contribution is 0.0940. The van der Waals surface area contributed by atoms with Gasteiger partial charge in [0.1, 0.15) is 0 Å². The van der Waals surface area contributed by atoms with Crippen molar-refractivity contribution in [3.63, 3.8) is 0 Å². The molecular formula is C22H24ClNO. The molecule has 3 heteroatoms. The second-order valence-electron chi connectivity index (χ2n) is 6.79.